The van der Waals surface area contributed by atoms with Crippen molar-refractivity contribution in [2.24, 2.45) is 5.92 Å². The number of benzene rings is 1. The fourth-order valence-corrected chi connectivity index (χ4v) is 4.69. The summed E-state index contributed by atoms with van der Waals surface area (Å²) in [7, 11) is 1.97. The number of piperidine rings is 1. The predicted octanol–water partition coefficient (Wildman–Crippen LogP) is 4.87. The van der Waals surface area contributed by atoms with Crippen LogP contribution in [-0.2, 0) is 0 Å². The Morgan fingerprint density at radius 3 is 2.92 bits per heavy atom. The first-order valence-electron chi connectivity index (χ1n) is 8.38. The zero-order chi connectivity index (χ0) is 17.1. The molecule has 0 aliphatic carbocycles. The number of nitrogens with zero attached hydrogens (tertiary/aromatic N) is 1. The lowest BCUT2D eigenvalue weighted by Crippen LogP contribution is -2.42. The number of thiophene rings is 1. The number of rotatable bonds is 4. The fourth-order valence-electron chi connectivity index (χ4n) is 3.36. The molecule has 2 heterocycles. The molecule has 0 spiro atoms. The molecule has 0 bridgehead atoms. The molecule has 0 radical (unpaired) electrons. The maximum atomic E-state index is 12.9. The van der Waals surface area contributed by atoms with E-state index in [-0.39, 0.29) is 18.3 Å². The number of hydrogen-bond acceptors (Lipinski definition) is 3. The van der Waals surface area contributed by atoms with Gasteiger partial charge in [0.15, 0.2) is 0 Å². The first-order chi connectivity index (χ1) is 11.6. The molecule has 0 saturated carbocycles. The molecule has 1 aromatic carbocycles. The highest BCUT2D eigenvalue weighted by Gasteiger charge is 2.25. The third kappa shape index (κ3) is 4.76. The Hall–Kier alpha value is -1.07. The molecule has 1 unspecified atom stereocenters. The van der Waals surface area contributed by atoms with E-state index in [2.05, 4.69) is 12.2 Å². The maximum Gasteiger partial charge on any atom is 0.263 e. The Morgan fingerprint density at radius 2 is 2.20 bits per heavy atom. The fraction of sp³-hybridized carbons (Fsp3) is 0.421. The Bertz CT molecular complexity index is 730. The minimum Gasteiger partial charge on any atom is -0.338 e. The van der Waals surface area contributed by atoms with Crippen LogP contribution in [0.1, 0.15) is 28.1 Å². The van der Waals surface area contributed by atoms with Crippen LogP contribution in [0.2, 0.25) is 5.02 Å². The van der Waals surface area contributed by atoms with Crippen LogP contribution in [0.3, 0.4) is 0 Å². The molecule has 25 heavy (non-hydrogen) atoms. The van der Waals surface area contributed by atoms with Gasteiger partial charge in [-0.15, -0.1) is 23.7 Å². The van der Waals surface area contributed by atoms with Crippen LogP contribution in [-0.4, -0.2) is 37.5 Å². The molecule has 2 aromatic rings. The number of nitrogens with one attached hydrogen (secondary N) is 1. The van der Waals surface area contributed by atoms with Crippen molar-refractivity contribution in [3.63, 3.8) is 0 Å². The van der Waals surface area contributed by atoms with Crippen molar-refractivity contribution in [2.45, 2.75) is 19.8 Å². The van der Waals surface area contributed by atoms with Gasteiger partial charge in [0.2, 0.25) is 0 Å². The smallest absolute Gasteiger partial charge is 0.263 e. The molecule has 3 nitrogen and oxygen atoms in total. The molecular formula is C19H24Cl2N2OS. The second kappa shape index (κ2) is 9.04. The minimum absolute atomic E-state index is 0. The molecule has 136 valence electrons. The highest BCUT2D eigenvalue weighted by molar-refractivity contribution is 7.17. The zero-order valence-electron chi connectivity index (χ0n) is 14.5. The van der Waals surface area contributed by atoms with E-state index in [9.17, 15) is 4.79 Å². The van der Waals surface area contributed by atoms with Crippen LogP contribution < -0.4 is 5.32 Å². The number of carbonyl (C=O) groups is 1. The van der Waals surface area contributed by atoms with Gasteiger partial charge >= 0.3 is 0 Å². The summed E-state index contributed by atoms with van der Waals surface area (Å²) < 4.78 is 0. The van der Waals surface area contributed by atoms with Crippen LogP contribution in [0.5, 0.6) is 0 Å². The van der Waals surface area contributed by atoms with Crippen LogP contribution in [0.25, 0.3) is 10.4 Å². The zero-order valence-corrected chi connectivity index (χ0v) is 16.9. The van der Waals surface area contributed by atoms with Gasteiger partial charge in [-0.05, 0) is 68.6 Å². The Kier molecular flexibility index (Phi) is 7.32. The van der Waals surface area contributed by atoms with Crippen LogP contribution >= 0.6 is 35.3 Å². The molecule has 1 aliphatic heterocycles. The number of halogens is 2. The molecule has 6 heteroatoms. The first kappa shape index (κ1) is 20.2. The van der Waals surface area contributed by atoms with Gasteiger partial charge in [-0.25, -0.2) is 0 Å². The van der Waals surface area contributed by atoms with Crippen molar-refractivity contribution < 1.29 is 4.79 Å². The Labute approximate surface area is 164 Å². The van der Waals surface area contributed by atoms with E-state index >= 15 is 0 Å². The largest absolute Gasteiger partial charge is 0.338 e. The summed E-state index contributed by atoms with van der Waals surface area (Å²) in [5.74, 6) is 0.721. The van der Waals surface area contributed by atoms with E-state index in [0.29, 0.717) is 5.92 Å². The number of amides is 1. The lowest BCUT2D eigenvalue weighted by Gasteiger charge is -2.32. The second-order valence-corrected chi connectivity index (χ2v) is 7.94. The van der Waals surface area contributed by atoms with E-state index in [1.807, 2.05) is 42.3 Å². The van der Waals surface area contributed by atoms with E-state index in [4.69, 9.17) is 11.6 Å². The van der Waals surface area contributed by atoms with Crippen molar-refractivity contribution >= 4 is 41.3 Å². The lowest BCUT2D eigenvalue weighted by molar-refractivity contribution is 0.0679. The van der Waals surface area contributed by atoms with E-state index in [0.717, 1.165) is 52.0 Å². The van der Waals surface area contributed by atoms with Gasteiger partial charge in [-0.2, -0.15) is 0 Å². The normalized spacial score (nSPS) is 17.2. The van der Waals surface area contributed by atoms with Crippen molar-refractivity contribution in [3.8, 4) is 10.4 Å². The van der Waals surface area contributed by atoms with Crippen LogP contribution in [0.4, 0.5) is 0 Å². The lowest BCUT2D eigenvalue weighted by atomic mass is 9.98. The molecule has 1 aliphatic rings. The summed E-state index contributed by atoms with van der Waals surface area (Å²) in [6.45, 7) is 4.75. The summed E-state index contributed by atoms with van der Waals surface area (Å²) in [5, 5.41) is 3.95. The van der Waals surface area contributed by atoms with Crippen molar-refractivity contribution in [3.05, 3.63) is 45.8 Å². The van der Waals surface area contributed by atoms with Gasteiger partial charge in [0, 0.05) is 23.0 Å². The SMILES string of the molecule is CNCC1CCCN(C(=O)c2cc(C)c(-c3cccc(Cl)c3)s2)C1.Cl. The standard InChI is InChI=1S/C19H23ClN2OS.ClH/c1-13-9-17(24-18(13)15-6-3-7-16(20)10-15)19(23)22-8-4-5-14(12-22)11-21-2;/h3,6-7,9-10,14,21H,4-5,8,11-12H2,1-2H3;1H. The predicted molar refractivity (Wildman–Crippen MR) is 109 cm³/mol. The highest BCUT2D eigenvalue weighted by atomic mass is 35.5. The van der Waals surface area contributed by atoms with Gasteiger partial charge in [-0.3, -0.25) is 4.79 Å². The summed E-state index contributed by atoms with van der Waals surface area (Å²) in [5.41, 5.74) is 2.21. The van der Waals surface area contributed by atoms with Gasteiger partial charge in [0.05, 0.1) is 4.88 Å². The summed E-state index contributed by atoms with van der Waals surface area (Å²) in [4.78, 5) is 16.9. The van der Waals surface area contributed by atoms with Gasteiger partial charge < -0.3 is 10.2 Å². The Morgan fingerprint density at radius 1 is 1.40 bits per heavy atom. The average molecular weight is 399 g/mol. The molecule has 1 aromatic heterocycles. The highest BCUT2D eigenvalue weighted by Crippen LogP contribution is 2.34. The Balaban J connectivity index is 0.00000225. The molecule has 1 N–H and O–H groups in total. The number of likely N-dealkylation sites (tertiary alicyclic amines) is 1. The quantitative estimate of drug-likeness (QED) is 0.796. The summed E-state index contributed by atoms with van der Waals surface area (Å²) in [6, 6.07) is 9.84. The second-order valence-electron chi connectivity index (χ2n) is 6.45. The molecule has 3 rings (SSSR count). The average Bonchev–Trinajstić information content (AvgIpc) is 2.96. The number of carbonyl (C=O) groups excluding carboxylic acids is 1. The third-order valence-electron chi connectivity index (χ3n) is 4.51. The van der Waals surface area contributed by atoms with Crippen molar-refractivity contribution in [2.75, 3.05) is 26.7 Å². The topological polar surface area (TPSA) is 32.3 Å². The van der Waals surface area contributed by atoms with Crippen molar-refractivity contribution in [1.29, 1.82) is 0 Å². The van der Waals surface area contributed by atoms with E-state index in [1.165, 1.54) is 6.42 Å². The molecule has 1 fully saturated rings. The third-order valence-corrected chi connectivity index (χ3v) is 6.02. The van der Waals surface area contributed by atoms with Gasteiger partial charge in [-0.1, -0.05) is 23.7 Å². The van der Waals surface area contributed by atoms with Crippen molar-refractivity contribution in [1.82, 2.24) is 10.2 Å². The summed E-state index contributed by atoms with van der Waals surface area (Å²) >= 11 is 7.68. The monoisotopic (exact) mass is 398 g/mol. The minimum atomic E-state index is 0. The van der Waals surface area contributed by atoms with Crippen LogP contribution in [0, 0.1) is 12.8 Å². The molecule has 1 saturated heterocycles. The number of aryl methyl sites for hydroxylation is 1. The van der Waals surface area contributed by atoms with E-state index in [1.54, 1.807) is 11.3 Å². The van der Waals surface area contributed by atoms with Gasteiger partial charge in [0.25, 0.3) is 5.91 Å². The molecule has 1 atom stereocenters. The van der Waals surface area contributed by atoms with Gasteiger partial charge in [0.1, 0.15) is 0 Å². The first-order valence-corrected chi connectivity index (χ1v) is 9.58. The molecular weight excluding hydrogens is 375 g/mol. The molecule has 1 amide bonds. The van der Waals surface area contributed by atoms with E-state index < -0.39 is 0 Å². The number of hydrogen-bond donors (Lipinski definition) is 1. The summed E-state index contributed by atoms with van der Waals surface area (Å²) in [6.07, 6.45) is 2.28. The van der Waals surface area contributed by atoms with Crippen LogP contribution in [0.15, 0.2) is 30.3 Å². The maximum absolute atomic E-state index is 12.9.